The summed E-state index contributed by atoms with van der Waals surface area (Å²) < 4.78 is 10.9. The van der Waals surface area contributed by atoms with E-state index in [0.29, 0.717) is 13.2 Å². The molecule has 2 fully saturated rings. The van der Waals surface area contributed by atoms with Gasteiger partial charge in [0.1, 0.15) is 6.61 Å². The quantitative estimate of drug-likeness (QED) is 0.903. The Labute approximate surface area is 150 Å². The number of piperidine rings is 1. The van der Waals surface area contributed by atoms with Crippen molar-refractivity contribution in [2.75, 3.05) is 33.4 Å². The molecule has 2 saturated heterocycles. The minimum atomic E-state index is -0.216. The Hall–Kier alpha value is -1.30. The molecule has 0 saturated carbocycles. The van der Waals surface area contributed by atoms with Gasteiger partial charge in [-0.1, -0.05) is 30.3 Å². The SMILES string of the molecule is COCC1CC2(CCNCC2)CN1C(=O)OCc1ccccc1.Cl. The van der Waals surface area contributed by atoms with Crippen LogP contribution in [0.15, 0.2) is 30.3 Å². The molecule has 2 aliphatic rings. The third-order valence-electron chi connectivity index (χ3n) is 5.08. The Morgan fingerprint density at radius 2 is 2.00 bits per heavy atom. The predicted molar refractivity (Wildman–Crippen MR) is 95.4 cm³/mol. The number of halogens is 1. The Morgan fingerprint density at radius 1 is 1.29 bits per heavy atom. The van der Waals surface area contributed by atoms with Crippen molar-refractivity contribution in [1.29, 1.82) is 0 Å². The molecule has 3 rings (SSSR count). The van der Waals surface area contributed by atoms with Crippen molar-refractivity contribution in [3.63, 3.8) is 0 Å². The van der Waals surface area contributed by atoms with Gasteiger partial charge in [0.15, 0.2) is 0 Å². The van der Waals surface area contributed by atoms with Crippen molar-refractivity contribution in [3.8, 4) is 0 Å². The van der Waals surface area contributed by atoms with E-state index in [1.807, 2.05) is 35.2 Å². The lowest BCUT2D eigenvalue weighted by atomic mass is 9.77. The van der Waals surface area contributed by atoms with Crippen molar-refractivity contribution in [1.82, 2.24) is 10.2 Å². The number of nitrogens with zero attached hydrogens (tertiary/aromatic N) is 1. The summed E-state index contributed by atoms with van der Waals surface area (Å²) in [5, 5.41) is 3.41. The third-order valence-corrected chi connectivity index (χ3v) is 5.08. The van der Waals surface area contributed by atoms with Crippen LogP contribution in [-0.2, 0) is 16.1 Å². The normalized spacial score (nSPS) is 22.2. The van der Waals surface area contributed by atoms with Crippen LogP contribution < -0.4 is 5.32 Å². The number of methoxy groups -OCH3 is 1. The van der Waals surface area contributed by atoms with E-state index in [9.17, 15) is 4.79 Å². The molecule has 2 aliphatic heterocycles. The molecule has 1 N–H and O–H groups in total. The number of rotatable bonds is 4. The van der Waals surface area contributed by atoms with E-state index in [2.05, 4.69) is 5.32 Å². The second-order valence-corrected chi connectivity index (χ2v) is 6.73. The topological polar surface area (TPSA) is 50.8 Å². The molecule has 0 aromatic heterocycles. The van der Waals surface area contributed by atoms with Gasteiger partial charge in [-0.05, 0) is 43.3 Å². The number of ether oxygens (including phenoxy) is 2. The van der Waals surface area contributed by atoms with Crippen LogP contribution in [0.2, 0.25) is 0 Å². The Morgan fingerprint density at radius 3 is 2.67 bits per heavy atom. The lowest BCUT2D eigenvalue weighted by Crippen LogP contribution is -2.41. The molecule has 1 amide bonds. The van der Waals surface area contributed by atoms with Gasteiger partial charge in [0.25, 0.3) is 0 Å². The average Bonchev–Trinajstić information content (AvgIpc) is 2.92. The van der Waals surface area contributed by atoms with Crippen molar-refractivity contribution in [2.24, 2.45) is 5.41 Å². The summed E-state index contributed by atoms with van der Waals surface area (Å²) in [5.74, 6) is 0. The smallest absolute Gasteiger partial charge is 0.410 e. The number of carbonyl (C=O) groups excluding carboxylic acids is 1. The zero-order valence-electron chi connectivity index (χ0n) is 14.2. The van der Waals surface area contributed by atoms with Crippen LogP contribution in [0.5, 0.6) is 0 Å². The van der Waals surface area contributed by atoms with Gasteiger partial charge in [0, 0.05) is 13.7 Å². The Kier molecular flexibility index (Phi) is 6.90. The summed E-state index contributed by atoms with van der Waals surface area (Å²) in [6.45, 7) is 3.76. The summed E-state index contributed by atoms with van der Waals surface area (Å²) in [6, 6.07) is 9.94. The van der Waals surface area contributed by atoms with Crippen LogP contribution in [0.3, 0.4) is 0 Å². The zero-order valence-corrected chi connectivity index (χ0v) is 15.0. The van der Waals surface area contributed by atoms with Gasteiger partial charge in [-0.15, -0.1) is 12.4 Å². The van der Waals surface area contributed by atoms with Gasteiger partial charge < -0.3 is 19.7 Å². The minimum absolute atomic E-state index is 0. The molecule has 1 aromatic rings. The molecule has 134 valence electrons. The highest BCUT2D eigenvalue weighted by Gasteiger charge is 2.46. The highest BCUT2D eigenvalue weighted by molar-refractivity contribution is 5.85. The van der Waals surface area contributed by atoms with Crippen LogP contribution in [-0.4, -0.2) is 50.4 Å². The standard InChI is InChI=1S/C18H26N2O3.ClH/c1-22-13-16-11-18(7-9-19-10-8-18)14-20(16)17(21)23-12-15-5-3-2-4-6-15;/h2-6,16,19H,7-14H2,1H3;1H. The molecule has 1 aromatic carbocycles. The molecule has 0 aliphatic carbocycles. The molecular formula is C18H27ClN2O3. The second-order valence-electron chi connectivity index (χ2n) is 6.73. The Bertz CT molecular complexity index is 520. The van der Waals surface area contributed by atoms with Crippen molar-refractivity contribution >= 4 is 18.5 Å². The molecule has 0 radical (unpaired) electrons. The van der Waals surface area contributed by atoms with Gasteiger partial charge in [-0.2, -0.15) is 0 Å². The number of nitrogens with one attached hydrogen (secondary N) is 1. The fourth-order valence-corrected chi connectivity index (χ4v) is 3.84. The molecule has 1 spiro atoms. The number of hydrogen-bond acceptors (Lipinski definition) is 4. The summed E-state index contributed by atoms with van der Waals surface area (Å²) >= 11 is 0. The van der Waals surface area contributed by atoms with E-state index in [0.717, 1.165) is 44.5 Å². The number of carbonyl (C=O) groups is 1. The van der Waals surface area contributed by atoms with Crippen LogP contribution in [0.25, 0.3) is 0 Å². The van der Waals surface area contributed by atoms with Gasteiger partial charge in [0.05, 0.1) is 12.6 Å². The minimum Gasteiger partial charge on any atom is -0.445 e. The first-order valence-corrected chi connectivity index (χ1v) is 8.39. The van der Waals surface area contributed by atoms with E-state index in [4.69, 9.17) is 9.47 Å². The summed E-state index contributed by atoms with van der Waals surface area (Å²) in [7, 11) is 1.70. The number of amides is 1. The maximum absolute atomic E-state index is 12.6. The van der Waals surface area contributed by atoms with E-state index in [-0.39, 0.29) is 30.0 Å². The van der Waals surface area contributed by atoms with Crippen LogP contribution in [0.1, 0.15) is 24.8 Å². The monoisotopic (exact) mass is 354 g/mol. The predicted octanol–water partition coefficient (Wildman–Crippen LogP) is 2.84. The lowest BCUT2D eigenvalue weighted by Gasteiger charge is -2.33. The number of hydrogen-bond donors (Lipinski definition) is 1. The van der Waals surface area contributed by atoms with Crippen molar-refractivity contribution in [3.05, 3.63) is 35.9 Å². The fraction of sp³-hybridized carbons (Fsp3) is 0.611. The second kappa shape index (κ2) is 8.70. The lowest BCUT2D eigenvalue weighted by molar-refractivity contribution is 0.0687. The third kappa shape index (κ3) is 4.41. The van der Waals surface area contributed by atoms with Gasteiger partial charge in [-0.3, -0.25) is 0 Å². The van der Waals surface area contributed by atoms with Crippen molar-refractivity contribution in [2.45, 2.75) is 31.9 Å². The van der Waals surface area contributed by atoms with Crippen LogP contribution in [0.4, 0.5) is 4.79 Å². The molecule has 5 nitrogen and oxygen atoms in total. The molecule has 6 heteroatoms. The number of likely N-dealkylation sites (tertiary alicyclic amines) is 1. The molecule has 1 atom stereocenters. The van der Waals surface area contributed by atoms with E-state index in [1.54, 1.807) is 7.11 Å². The summed E-state index contributed by atoms with van der Waals surface area (Å²) in [6.07, 6.45) is 3.04. The van der Waals surface area contributed by atoms with Crippen LogP contribution in [0, 0.1) is 5.41 Å². The van der Waals surface area contributed by atoms with E-state index >= 15 is 0 Å². The molecule has 24 heavy (non-hydrogen) atoms. The van der Waals surface area contributed by atoms with E-state index < -0.39 is 0 Å². The highest BCUT2D eigenvalue weighted by atomic mass is 35.5. The molecule has 0 bridgehead atoms. The molecular weight excluding hydrogens is 328 g/mol. The summed E-state index contributed by atoms with van der Waals surface area (Å²) in [5.41, 5.74) is 1.25. The van der Waals surface area contributed by atoms with Crippen molar-refractivity contribution < 1.29 is 14.3 Å². The average molecular weight is 355 g/mol. The molecule has 1 unspecified atom stereocenters. The zero-order chi connectivity index (χ0) is 16.1. The van der Waals surface area contributed by atoms with Gasteiger partial charge >= 0.3 is 6.09 Å². The maximum Gasteiger partial charge on any atom is 0.410 e. The first-order chi connectivity index (χ1) is 11.2. The number of benzene rings is 1. The largest absolute Gasteiger partial charge is 0.445 e. The maximum atomic E-state index is 12.6. The first-order valence-electron chi connectivity index (χ1n) is 8.39. The Balaban J connectivity index is 0.00000208. The highest BCUT2D eigenvalue weighted by Crippen LogP contribution is 2.42. The fourth-order valence-electron chi connectivity index (χ4n) is 3.84. The van der Waals surface area contributed by atoms with Gasteiger partial charge in [-0.25, -0.2) is 4.79 Å². The summed E-state index contributed by atoms with van der Waals surface area (Å²) in [4.78, 5) is 14.4. The van der Waals surface area contributed by atoms with Crippen LogP contribution >= 0.6 is 12.4 Å². The van der Waals surface area contributed by atoms with Gasteiger partial charge in [0.2, 0.25) is 0 Å². The molecule has 2 heterocycles. The van der Waals surface area contributed by atoms with E-state index in [1.165, 1.54) is 0 Å². The first kappa shape index (κ1) is 19.0.